The summed E-state index contributed by atoms with van der Waals surface area (Å²) in [5, 5.41) is 12.2. The molecule has 3 saturated heterocycles. The molecule has 5 rings (SSSR count). The fourth-order valence-corrected chi connectivity index (χ4v) is 9.40. The highest BCUT2D eigenvalue weighted by Crippen LogP contribution is 2.69. The standard InChI is InChI=1S/C32H38N2O5S/c1-5-7-10-16-39-31(38)26-25-17-20(3)32(40-25)27(26)29(36)34(21(4)19-35)28(32)30(37)33(15-6-2)24-14-13-22-11-8-9-12-23(22)18-24/h5-6,8-9,11-14,18,20-21,25-28,35H,1-2,7,10,15-17,19H2,3-4H3/t20?,21-,25-,26+,27+,28?,32?/m1/s1. The highest BCUT2D eigenvalue weighted by atomic mass is 32.2. The van der Waals surface area contributed by atoms with E-state index in [4.69, 9.17) is 4.74 Å². The van der Waals surface area contributed by atoms with E-state index in [-0.39, 0.29) is 48.7 Å². The van der Waals surface area contributed by atoms with Crippen LogP contribution in [0, 0.1) is 17.8 Å². The normalized spacial score (nSPS) is 29.3. The molecule has 0 saturated carbocycles. The van der Waals surface area contributed by atoms with E-state index in [9.17, 15) is 19.5 Å². The molecule has 0 radical (unpaired) electrons. The minimum absolute atomic E-state index is 0.0216. The quantitative estimate of drug-likeness (QED) is 0.245. The third kappa shape index (κ3) is 4.45. The smallest absolute Gasteiger partial charge is 0.310 e. The van der Waals surface area contributed by atoms with Crippen molar-refractivity contribution in [1.82, 2.24) is 4.90 Å². The first-order valence-electron chi connectivity index (χ1n) is 14.1. The molecule has 3 aliphatic heterocycles. The second kappa shape index (κ2) is 11.4. The van der Waals surface area contributed by atoms with Crippen LogP contribution in [0.15, 0.2) is 67.8 Å². The van der Waals surface area contributed by atoms with Crippen LogP contribution in [-0.2, 0) is 19.1 Å². The van der Waals surface area contributed by atoms with E-state index in [0.29, 0.717) is 6.42 Å². The van der Waals surface area contributed by atoms with Crippen molar-refractivity contribution >= 4 is 46.0 Å². The van der Waals surface area contributed by atoms with Crippen LogP contribution in [0.3, 0.4) is 0 Å². The topological polar surface area (TPSA) is 87.1 Å². The molecule has 3 aliphatic rings. The van der Waals surface area contributed by atoms with Gasteiger partial charge in [-0.05, 0) is 55.0 Å². The second-order valence-corrected chi connectivity index (χ2v) is 12.7. The molecule has 1 N–H and O–H groups in total. The minimum Gasteiger partial charge on any atom is -0.465 e. The zero-order valence-electron chi connectivity index (χ0n) is 23.2. The van der Waals surface area contributed by atoms with Gasteiger partial charge in [-0.1, -0.05) is 49.4 Å². The van der Waals surface area contributed by atoms with E-state index < -0.39 is 28.7 Å². The number of nitrogens with zero attached hydrogens (tertiary/aromatic N) is 2. The van der Waals surface area contributed by atoms with Gasteiger partial charge < -0.3 is 19.6 Å². The number of allylic oxidation sites excluding steroid dienone is 1. The number of ether oxygens (including phenoxy) is 1. The van der Waals surface area contributed by atoms with Crippen LogP contribution in [0.4, 0.5) is 5.69 Å². The summed E-state index contributed by atoms with van der Waals surface area (Å²) < 4.78 is 4.87. The van der Waals surface area contributed by atoms with Crippen molar-refractivity contribution in [3.63, 3.8) is 0 Å². The van der Waals surface area contributed by atoms with Crippen molar-refractivity contribution in [2.24, 2.45) is 17.8 Å². The Labute approximate surface area is 240 Å². The molecule has 40 heavy (non-hydrogen) atoms. The molecule has 2 aromatic carbocycles. The van der Waals surface area contributed by atoms with Crippen LogP contribution in [0.5, 0.6) is 0 Å². The Morgan fingerprint density at radius 1 is 1.23 bits per heavy atom. The predicted molar refractivity (Wildman–Crippen MR) is 159 cm³/mol. The van der Waals surface area contributed by atoms with Crippen LogP contribution in [0.2, 0.25) is 0 Å². The van der Waals surface area contributed by atoms with E-state index in [1.54, 1.807) is 40.6 Å². The van der Waals surface area contributed by atoms with Crippen molar-refractivity contribution in [2.45, 2.75) is 55.2 Å². The number of thioether (sulfide) groups is 1. The van der Waals surface area contributed by atoms with Crippen molar-refractivity contribution in [3.8, 4) is 0 Å². The van der Waals surface area contributed by atoms with Crippen LogP contribution < -0.4 is 4.90 Å². The van der Waals surface area contributed by atoms with Gasteiger partial charge in [0.25, 0.3) is 5.91 Å². The van der Waals surface area contributed by atoms with Crippen molar-refractivity contribution in [1.29, 1.82) is 0 Å². The Kier molecular flexibility index (Phi) is 8.11. The summed E-state index contributed by atoms with van der Waals surface area (Å²) in [5.41, 5.74) is 0.718. The van der Waals surface area contributed by atoms with Gasteiger partial charge in [-0.15, -0.1) is 24.9 Å². The van der Waals surface area contributed by atoms with Gasteiger partial charge in [0.2, 0.25) is 5.91 Å². The maximum absolute atomic E-state index is 14.7. The van der Waals surface area contributed by atoms with Gasteiger partial charge >= 0.3 is 5.97 Å². The van der Waals surface area contributed by atoms with Crippen LogP contribution >= 0.6 is 11.8 Å². The number of carbonyl (C=O) groups excluding carboxylic acids is 3. The van der Waals surface area contributed by atoms with Crippen molar-refractivity contribution in [2.75, 3.05) is 24.7 Å². The van der Waals surface area contributed by atoms with Crippen molar-refractivity contribution < 1.29 is 24.2 Å². The number of anilines is 1. The van der Waals surface area contributed by atoms with E-state index in [0.717, 1.165) is 29.3 Å². The Morgan fingerprint density at radius 3 is 2.67 bits per heavy atom. The number of unbranched alkanes of at least 4 members (excludes halogenated alkanes) is 1. The molecule has 2 bridgehead atoms. The molecule has 2 amide bonds. The lowest BCUT2D eigenvalue weighted by Crippen LogP contribution is -2.59. The number of carbonyl (C=O) groups is 3. The summed E-state index contributed by atoms with van der Waals surface area (Å²) in [5.74, 6) is -2.09. The molecule has 3 unspecified atom stereocenters. The van der Waals surface area contributed by atoms with Crippen LogP contribution in [0.1, 0.15) is 33.1 Å². The lowest BCUT2D eigenvalue weighted by Gasteiger charge is -2.41. The largest absolute Gasteiger partial charge is 0.465 e. The number of hydrogen-bond acceptors (Lipinski definition) is 6. The van der Waals surface area contributed by atoms with Gasteiger partial charge in [-0.25, -0.2) is 0 Å². The molecule has 3 fully saturated rings. The average Bonchev–Trinajstić information content (AvgIpc) is 3.56. The molecule has 212 valence electrons. The Balaban J connectivity index is 1.55. The molecular weight excluding hydrogens is 524 g/mol. The fraction of sp³-hybridized carbons (Fsp3) is 0.469. The minimum atomic E-state index is -0.831. The molecule has 7 nitrogen and oxygen atoms in total. The molecule has 0 aromatic heterocycles. The first-order chi connectivity index (χ1) is 19.3. The number of amides is 2. The lowest BCUT2D eigenvalue weighted by atomic mass is 9.66. The van der Waals surface area contributed by atoms with Crippen molar-refractivity contribution in [3.05, 3.63) is 67.8 Å². The Morgan fingerprint density at radius 2 is 1.98 bits per heavy atom. The summed E-state index contributed by atoms with van der Waals surface area (Å²) in [6.45, 7) is 11.7. The van der Waals surface area contributed by atoms with Gasteiger partial charge in [-0.2, -0.15) is 0 Å². The summed E-state index contributed by atoms with van der Waals surface area (Å²) >= 11 is 1.61. The van der Waals surface area contributed by atoms with Gasteiger partial charge in [0.1, 0.15) is 6.04 Å². The third-order valence-electron chi connectivity index (χ3n) is 8.85. The maximum atomic E-state index is 14.7. The predicted octanol–water partition coefficient (Wildman–Crippen LogP) is 4.59. The molecule has 8 heteroatoms. The van der Waals surface area contributed by atoms with Crippen LogP contribution in [-0.4, -0.2) is 69.6 Å². The Bertz CT molecular complexity index is 1330. The van der Waals surface area contributed by atoms with E-state index in [1.165, 1.54) is 0 Å². The van der Waals surface area contributed by atoms with E-state index in [1.807, 2.05) is 42.5 Å². The number of likely N-dealkylation sites (tertiary alicyclic amines) is 1. The summed E-state index contributed by atoms with van der Waals surface area (Å²) in [6, 6.07) is 12.4. The second-order valence-electron chi connectivity index (χ2n) is 11.2. The first kappa shape index (κ1) is 28.4. The van der Waals surface area contributed by atoms with E-state index >= 15 is 0 Å². The summed E-state index contributed by atoms with van der Waals surface area (Å²) in [6.07, 6.45) is 5.62. The molecule has 2 aromatic rings. The number of rotatable bonds is 11. The molecule has 7 atom stereocenters. The highest BCUT2D eigenvalue weighted by Gasteiger charge is 2.77. The average molecular weight is 563 g/mol. The Hall–Kier alpha value is -3.10. The number of benzene rings is 2. The highest BCUT2D eigenvalue weighted by molar-refractivity contribution is 8.02. The number of aliphatic hydroxyl groups is 1. The first-order valence-corrected chi connectivity index (χ1v) is 15.0. The number of esters is 1. The maximum Gasteiger partial charge on any atom is 0.310 e. The monoisotopic (exact) mass is 562 g/mol. The fourth-order valence-electron chi connectivity index (χ4n) is 7.01. The number of aliphatic hydroxyl groups excluding tert-OH is 1. The number of fused-ring (bicyclic) bond motifs is 2. The summed E-state index contributed by atoms with van der Waals surface area (Å²) in [7, 11) is 0. The van der Waals surface area contributed by atoms with Gasteiger partial charge in [-0.3, -0.25) is 14.4 Å². The number of hydrogen-bond donors (Lipinski definition) is 1. The van der Waals surface area contributed by atoms with Gasteiger partial charge in [0, 0.05) is 17.5 Å². The zero-order chi connectivity index (χ0) is 28.6. The molecule has 0 aliphatic carbocycles. The lowest BCUT2D eigenvalue weighted by molar-refractivity contribution is -0.155. The zero-order valence-corrected chi connectivity index (χ0v) is 24.0. The molecule has 3 heterocycles. The van der Waals surface area contributed by atoms with Crippen LogP contribution in [0.25, 0.3) is 10.8 Å². The third-order valence-corrected chi connectivity index (χ3v) is 10.9. The molecule has 1 spiro atoms. The van der Waals surface area contributed by atoms with Gasteiger partial charge in [0.05, 0.1) is 35.8 Å². The summed E-state index contributed by atoms with van der Waals surface area (Å²) in [4.78, 5) is 45.6. The van der Waals surface area contributed by atoms with Gasteiger partial charge in [0.15, 0.2) is 0 Å². The SMILES string of the molecule is C=CCCCOC(=O)[C@@H]1[C@H]2C(=O)N([C@H](C)CO)C(C(=O)N(CC=C)c3ccc4ccccc4c3)C23S[C@@H]1CC3C. The van der Waals surface area contributed by atoms with E-state index in [2.05, 4.69) is 20.1 Å². The molecular formula is C32H38N2O5S.